The van der Waals surface area contributed by atoms with Crippen LogP contribution in [0.4, 0.5) is 11.4 Å². The van der Waals surface area contributed by atoms with Gasteiger partial charge in [-0.3, -0.25) is 15.0 Å². The van der Waals surface area contributed by atoms with E-state index in [0.717, 1.165) is 31.5 Å². The Kier molecular flexibility index (Phi) is 7.50. The zero-order valence-electron chi connectivity index (χ0n) is 18.4. The molecule has 0 aromatic heterocycles. The Hall–Kier alpha value is -3.35. The number of anilines is 2. The first-order valence-electron chi connectivity index (χ1n) is 11.0. The van der Waals surface area contributed by atoms with Gasteiger partial charge in [-0.05, 0) is 73.9 Å². The topological polar surface area (TPSA) is 85.3 Å². The standard InChI is InChI=1S/C26H24Cl2N4O2/c27-19-8-11-21(12-9-19)30-26(34)22-16-20(28)10-13-23(22)31-25(33)18-6-4-17(5-7-18)24(29)32-14-2-1-3-15-32/h4-13,16,29H,1-3,14-15H2,(H,30,34)(H,31,33). The molecule has 0 saturated carbocycles. The van der Waals surface area contributed by atoms with Crippen molar-refractivity contribution in [1.29, 1.82) is 5.41 Å². The van der Waals surface area contributed by atoms with E-state index in [-0.39, 0.29) is 11.5 Å². The van der Waals surface area contributed by atoms with E-state index in [1.165, 1.54) is 12.5 Å². The quantitative estimate of drug-likeness (QED) is 0.287. The molecule has 1 aliphatic heterocycles. The highest BCUT2D eigenvalue weighted by molar-refractivity contribution is 6.31. The van der Waals surface area contributed by atoms with Gasteiger partial charge in [-0.1, -0.05) is 35.3 Å². The van der Waals surface area contributed by atoms with Crippen molar-refractivity contribution in [2.24, 2.45) is 0 Å². The predicted octanol–water partition coefficient (Wildman–Crippen LogP) is 6.31. The summed E-state index contributed by atoms with van der Waals surface area (Å²) in [6.07, 6.45) is 3.39. The molecular formula is C26H24Cl2N4O2. The molecule has 0 aliphatic carbocycles. The maximum absolute atomic E-state index is 12.9. The molecule has 2 amide bonds. The number of carbonyl (C=O) groups is 2. The molecule has 1 aliphatic rings. The summed E-state index contributed by atoms with van der Waals surface area (Å²) in [5.74, 6) is -0.296. The molecule has 3 aromatic rings. The summed E-state index contributed by atoms with van der Waals surface area (Å²) in [6, 6.07) is 18.4. The minimum absolute atomic E-state index is 0.235. The first-order valence-corrected chi connectivity index (χ1v) is 11.8. The summed E-state index contributed by atoms with van der Waals surface area (Å²) >= 11 is 12.0. The molecule has 0 bridgehead atoms. The summed E-state index contributed by atoms with van der Waals surface area (Å²) in [5, 5.41) is 15.0. The summed E-state index contributed by atoms with van der Waals surface area (Å²) < 4.78 is 0. The van der Waals surface area contributed by atoms with Gasteiger partial charge in [0.1, 0.15) is 5.84 Å². The monoisotopic (exact) mass is 494 g/mol. The van der Waals surface area contributed by atoms with Gasteiger partial charge in [0, 0.05) is 39.9 Å². The number of rotatable bonds is 5. The number of amidine groups is 1. The molecule has 0 radical (unpaired) electrons. The first kappa shape index (κ1) is 23.8. The summed E-state index contributed by atoms with van der Waals surface area (Å²) in [5.41, 5.74) is 2.34. The Labute approximate surface area is 208 Å². The number of halogens is 2. The van der Waals surface area contributed by atoms with Crippen LogP contribution in [-0.2, 0) is 0 Å². The number of nitrogens with one attached hydrogen (secondary N) is 3. The molecule has 8 heteroatoms. The number of nitrogens with zero attached hydrogens (tertiary/aromatic N) is 1. The molecule has 4 rings (SSSR count). The van der Waals surface area contributed by atoms with Crippen LogP contribution in [0, 0.1) is 5.41 Å². The van der Waals surface area contributed by atoms with E-state index in [9.17, 15) is 9.59 Å². The summed E-state index contributed by atoms with van der Waals surface area (Å²) in [4.78, 5) is 27.8. The highest BCUT2D eigenvalue weighted by atomic mass is 35.5. The van der Waals surface area contributed by atoms with Crippen molar-refractivity contribution in [2.45, 2.75) is 19.3 Å². The van der Waals surface area contributed by atoms with E-state index in [0.29, 0.717) is 32.8 Å². The van der Waals surface area contributed by atoms with Crippen molar-refractivity contribution in [2.75, 3.05) is 23.7 Å². The Morgan fingerprint density at radius 2 is 1.35 bits per heavy atom. The van der Waals surface area contributed by atoms with Gasteiger partial charge >= 0.3 is 0 Å². The fourth-order valence-corrected chi connectivity index (χ4v) is 4.12. The summed E-state index contributed by atoms with van der Waals surface area (Å²) in [6.45, 7) is 1.77. The molecule has 1 heterocycles. The van der Waals surface area contributed by atoms with Crippen LogP contribution in [0.2, 0.25) is 10.0 Å². The number of likely N-dealkylation sites (tertiary alicyclic amines) is 1. The zero-order chi connectivity index (χ0) is 24.1. The number of hydrogen-bond donors (Lipinski definition) is 3. The third-order valence-electron chi connectivity index (χ3n) is 5.67. The second-order valence-corrected chi connectivity index (χ2v) is 8.95. The van der Waals surface area contributed by atoms with Crippen molar-refractivity contribution in [3.63, 3.8) is 0 Å². The maximum atomic E-state index is 12.9. The summed E-state index contributed by atoms with van der Waals surface area (Å²) in [7, 11) is 0. The van der Waals surface area contributed by atoms with Gasteiger partial charge < -0.3 is 15.5 Å². The highest BCUT2D eigenvalue weighted by Gasteiger charge is 2.18. The lowest BCUT2D eigenvalue weighted by molar-refractivity contribution is 0.102. The van der Waals surface area contributed by atoms with Crippen LogP contribution < -0.4 is 10.6 Å². The fourth-order valence-electron chi connectivity index (χ4n) is 3.82. The third-order valence-corrected chi connectivity index (χ3v) is 6.16. The van der Waals surface area contributed by atoms with Crippen LogP contribution in [0.5, 0.6) is 0 Å². The Morgan fingerprint density at radius 3 is 2.03 bits per heavy atom. The lowest BCUT2D eigenvalue weighted by Gasteiger charge is -2.29. The molecule has 0 unspecified atom stereocenters. The van der Waals surface area contributed by atoms with Crippen molar-refractivity contribution < 1.29 is 9.59 Å². The smallest absolute Gasteiger partial charge is 0.257 e. The van der Waals surface area contributed by atoms with Crippen LogP contribution in [-0.4, -0.2) is 35.6 Å². The molecule has 34 heavy (non-hydrogen) atoms. The average molecular weight is 495 g/mol. The van der Waals surface area contributed by atoms with Crippen molar-refractivity contribution in [3.05, 3.63) is 93.5 Å². The maximum Gasteiger partial charge on any atom is 0.257 e. The van der Waals surface area contributed by atoms with Gasteiger partial charge in [0.15, 0.2) is 0 Å². The molecule has 6 nitrogen and oxygen atoms in total. The van der Waals surface area contributed by atoms with Crippen molar-refractivity contribution in [3.8, 4) is 0 Å². The Morgan fingerprint density at radius 1 is 0.735 bits per heavy atom. The number of benzene rings is 3. The molecule has 3 N–H and O–H groups in total. The second-order valence-electron chi connectivity index (χ2n) is 8.08. The first-order chi connectivity index (χ1) is 16.4. The molecular weight excluding hydrogens is 471 g/mol. The molecule has 174 valence electrons. The predicted molar refractivity (Wildman–Crippen MR) is 138 cm³/mol. The average Bonchev–Trinajstić information content (AvgIpc) is 2.86. The van der Waals surface area contributed by atoms with Gasteiger partial charge in [-0.25, -0.2) is 0 Å². The molecule has 1 saturated heterocycles. The Bertz CT molecular complexity index is 1200. The van der Waals surface area contributed by atoms with Crippen LogP contribution in [0.3, 0.4) is 0 Å². The lowest BCUT2D eigenvalue weighted by atomic mass is 10.1. The van der Waals surface area contributed by atoms with E-state index in [4.69, 9.17) is 28.6 Å². The second kappa shape index (κ2) is 10.7. The largest absolute Gasteiger partial charge is 0.357 e. The minimum atomic E-state index is -0.412. The molecule has 0 atom stereocenters. The minimum Gasteiger partial charge on any atom is -0.357 e. The lowest BCUT2D eigenvalue weighted by Crippen LogP contribution is -2.35. The fraction of sp³-hybridized carbons (Fsp3) is 0.192. The van der Waals surface area contributed by atoms with E-state index < -0.39 is 5.91 Å². The van der Waals surface area contributed by atoms with Crippen LogP contribution in [0.1, 0.15) is 45.5 Å². The molecule has 3 aromatic carbocycles. The van der Waals surface area contributed by atoms with E-state index in [1.54, 1.807) is 60.7 Å². The van der Waals surface area contributed by atoms with Crippen molar-refractivity contribution >= 4 is 52.2 Å². The normalized spacial score (nSPS) is 13.3. The number of piperidine rings is 1. The van der Waals surface area contributed by atoms with Gasteiger partial charge in [0.05, 0.1) is 11.3 Å². The van der Waals surface area contributed by atoms with Crippen molar-refractivity contribution in [1.82, 2.24) is 4.90 Å². The van der Waals surface area contributed by atoms with Crippen LogP contribution >= 0.6 is 23.2 Å². The third kappa shape index (κ3) is 5.76. The SMILES string of the molecule is N=C(c1ccc(C(=O)Nc2ccc(Cl)cc2C(=O)Nc2ccc(Cl)cc2)cc1)N1CCCCC1. The number of carbonyl (C=O) groups excluding carboxylic acids is 2. The zero-order valence-corrected chi connectivity index (χ0v) is 19.9. The van der Waals surface area contributed by atoms with Gasteiger partial charge in [0.25, 0.3) is 11.8 Å². The Balaban J connectivity index is 1.47. The van der Waals surface area contributed by atoms with E-state index in [1.807, 2.05) is 0 Å². The molecule has 0 spiro atoms. The van der Waals surface area contributed by atoms with Gasteiger partial charge in [-0.15, -0.1) is 0 Å². The number of hydrogen-bond acceptors (Lipinski definition) is 3. The number of amides is 2. The molecule has 1 fully saturated rings. The van der Waals surface area contributed by atoms with E-state index >= 15 is 0 Å². The van der Waals surface area contributed by atoms with Crippen LogP contribution in [0.15, 0.2) is 66.7 Å². The van der Waals surface area contributed by atoms with Gasteiger partial charge in [-0.2, -0.15) is 0 Å². The van der Waals surface area contributed by atoms with Crippen LogP contribution in [0.25, 0.3) is 0 Å². The van der Waals surface area contributed by atoms with Gasteiger partial charge in [0.2, 0.25) is 0 Å². The highest BCUT2D eigenvalue weighted by Crippen LogP contribution is 2.24. The van der Waals surface area contributed by atoms with E-state index in [2.05, 4.69) is 15.5 Å².